The average molecular weight is 309 g/mol. The first kappa shape index (κ1) is 16.6. The summed E-state index contributed by atoms with van der Waals surface area (Å²) in [6.07, 6.45) is 0.152. The first-order chi connectivity index (χ1) is 10.2. The molecule has 2 rings (SSSR count). The Morgan fingerprint density at radius 1 is 1.27 bits per heavy atom. The van der Waals surface area contributed by atoms with Gasteiger partial charge in [-0.1, -0.05) is 12.1 Å². The van der Waals surface area contributed by atoms with Crippen molar-refractivity contribution in [2.45, 2.75) is 44.9 Å². The molecular weight excluding hydrogens is 285 g/mol. The van der Waals surface area contributed by atoms with E-state index in [9.17, 15) is 4.79 Å². The lowest BCUT2D eigenvalue weighted by Crippen LogP contribution is -2.45. The van der Waals surface area contributed by atoms with Crippen LogP contribution in [0, 0.1) is 0 Å². The van der Waals surface area contributed by atoms with Crippen molar-refractivity contribution < 1.29 is 18.7 Å². The van der Waals surface area contributed by atoms with Crippen LogP contribution in [0.2, 0.25) is 0 Å². The average Bonchev–Trinajstić information content (AvgIpc) is 2.46. The van der Waals surface area contributed by atoms with Crippen LogP contribution >= 0.6 is 0 Å². The Morgan fingerprint density at radius 3 is 2.45 bits per heavy atom. The predicted molar refractivity (Wildman–Crippen MR) is 82.8 cm³/mol. The number of alkyl halides is 1. The molecule has 0 unspecified atom stereocenters. The van der Waals surface area contributed by atoms with Gasteiger partial charge in [-0.2, -0.15) is 0 Å². The van der Waals surface area contributed by atoms with Crippen molar-refractivity contribution >= 4 is 6.09 Å². The molecule has 22 heavy (non-hydrogen) atoms. The summed E-state index contributed by atoms with van der Waals surface area (Å²) >= 11 is 0. The van der Waals surface area contributed by atoms with Gasteiger partial charge in [-0.05, 0) is 38.5 Å². The van der Waals surface area contributed by atoms with Gasteiger partial charge < -0.3 is 14.4 Å². The zero-order valence-electron chi connectivity index (χ0n) is 13.7. The molecule has 0 radical (unpaired) electrons. The molecule has 1 aliphatic heterocycles. The predicted octanol–water partition coefficient (Wildman–Crippen LogP) is 3.89. The van der Waals surface area contributed by atoms with Crippen LogP contribution < -0.4 is 4.74 Å². The number of likely N-dealkylation sites (tertiary alicyclic amines) is 1. The molecule has 0 saturated carbocycles. The fourth-order valence-corrected chi connectivity index (χ4v) is 2.56. The first-order valence-corrected chi connectivity index (χ1v) is 7.55. The van der Waals surface area contributed by atoms with E-state index in [1.807, 2.05) is 20.8 Å². The van der Waals surface area contributed by atoms with Crippen LogP contribution in [0.25, 0.3) is 0 Å². The van der Waals surface area contributed by atoms with Crippen molar-refractivity contribution in [2.75, 3.05) is 20.2 Å². The van der Waals surface area contributed by atoms with Gasteiger partial charge in [0, 0.05) is 25.9 Å². The molecule has 0 aliphatic carbocycles. The third-order valence-corrected chi connectivity index (χ3v) is 3.79. The highest BCUT2D eigenvalue weighted by molar-refractivity contribution is 5.68. The van der Waals surface area contributed by atoms with Crippen molar-refractivity contribution in [1.29, 1.82) is 0 Å². The smallest absolute Gasteiger partial charge is 0.410 e. The van der Waals surface area contributed by atoms with E-state index in [0.717, 1.165) is 0 Å². The minimum absolute atomic E-state index is 0.263. The fraction of sp³-hybridized carbons (Fsp3) is 0.588. The molecule has 0 atom stereocenters. The van der Waals surface area contributed by atoms with Crippen molar-refractivity contribution in [3.8, 4) is 5.75 Å². The largest absolute Gasteiger partial charge is 0.497 e. The van der Waals surface area contributed by atoms with Crippen molar-refractivity contribution in [2.24, 2.45) is 0 Å². The number of methoxy groups -OCH3 is 1. The summed E-state index contributed by atoms with van der Waals surface area (Å²) in [6.45, 7) is 6.17. The van der Waals surface area contributed by atoms with E-state index in [1.54, 1.807) is 36.3 Å². The molecule has 1 aromatic carbocycles. The number of halogens is 1. The summed E-state index contributed by atoms with van der Waals surface area (Å²) in [4.78, 5) is 13.6. The Morgan fingerprint density at radius 2 is 1.91 bits per heavy atom. The van der Waals surface area contributed by atoms with Gasteiger partial charge in [0.1, 0.15) is 17.0 Å². The lowest BCUT2D eigenvalue weighted by molar-refractivity contribution is 0.00216. The topological polar surface area (TPSA) is 38.8 Å². The standard InChI is InChI=1S/C17H24FNO3/c1-16(2,3)22-15(20)19-10-8-17(18,9-11-19)13-6-5-7-14(12-13)21-4/h5-7,12H,8-11H2,1-4H3. The highest BCUT2D eigenvalue weighted by atomic mass is 19.1. The first-order valence-electron chi connectivity index (χ1n) is 7.55. The van der Waals surface area contributed by atoms with E-state index >= 15 is 4.39 Å². The highest BCUT2D eigenvalue weighted by Crippen LogP contribution is 2.38. The zero-order valence-corrected chi connectivity index (χ0v) is 13.7. The number of benzene rings is 1. The number of nitrogens with zero attached hydrogens (tertiary/aromatic N) is 1. The number of hydrogen-bond donors (Lipinski definition) is 0. The SMILES string of the molecule is COc1cccc(C2(F)CCN(C(=O)OC(C)(C)C)CC2)c1. The van der Waals surface area contributed by atoms with Crippen molar-refractivity contribution in [1.82, 2.24) is 4.90 Å². The molecule has 0 spiro atoms. The van der Waals surface area contributed by atoms with Crippen LogP contribution in [-0.4, -0.2) is 36.8 Å². The van der Waals surface area contributed by atoms with E-state index in [-0.39, 0.29) is 18.9 Å². The van der Waals surface area contributed by atoms with Gasteiger partial charge in [0.15, 0.2) is 0 Å². The quantitative estimate of drug-likeness (QED) is 0.832. The summed E-state index contributed by atoms with van der Waals surface area (Å²) in [7, 11) is 1.56. The molecule has 1 heterocycles. The van der Waals surface area contributed by atoms with Crippen molar-refractivity contribution in [3.05, 3.63) is 29.8 Å². The Labute approximate surface area is 131 Å². The Balaban J connectivity index is 2.02. The van der Waals surface area contributed by atoms with Gasteiger partial charge in [0.25, 0.3) is 0 Å². The van der Waals surface area contributed by atoms with Crippen LogP contribution in [0.3, 0.4) is 0 Å². The maximum absolute atomic E-state index is 15.2. The Bertz CT molecular complexity index is 531. The number of rotatable bonds is 2. The minimum Gasteiger partial charge on any atom is -0.497 e. The van der Waals surface area contributed by atoms with Crippen LogP contribution in [0.15, 0.2) is 24.3 Å². The third-order valence-electron chi connectivity index (χ3n) is 3.79. The van der Waals surface area contributed by atoms with Gasteiger partial charge in [-0.25, -0.2) is 9.18 Å². The molecule has 1 aromatic rings. The fourth-order valence-electron chi connectivity index (χ4n) is 2.56. The maximum atomic E-state index is 15.2. The van der Waals surface area contributed by atoms with E-state index in [2.05, 4.69) is 0 Å². The summed E-state index contributed by atoms with van der Waals surface area (Å²) in [5.74, 6) is 0.643. The number of hydrogen-bond acceptors (Lipinski definition) is 3. The van der Waals surface area contributed by atoms with E-state index in [4.69, 9.17) is 9.47 Å². The zero-order chi connectivity index (χ0) is 16.4. The molecule has 122 valence electrons. The molecule has 1 amide bonds. The molecule has 0 N–H and O–H groups in total. The number of ether oxygens (including phenoxy) is 2. The van der Waals surface area contributed by atoms with E-state index in [0.29, 0.717) is 24.4 Å². The summed E-state index contributed by atoms with van der Waals surface area (Å²) < 4.78 is 25.6. The highest BCUT2D eigenvalue weighted by Gasteiger charge is 2.38. The van der Waals surface area contributed by atoms with Gasteiger partial charge >= 0.3 is 6.09 Å². The molecule has 5 heteroatoms. The second-order valence-corrected chi connectivity index (χ2v) is 6.66. The summed E-state index contributed by atoms with van der Waals surface area (Å²) in [6, 6.07) is 7.08. The normalized spacial score (nSPS) is 18.0. The van der Waals surface area contributed by atoms with Crippen molar-refractivity contribution in [3.63, 3.8) is 0 Å². The lowest BCUT2D eigenvalue weighted by atomic mass is 9.86. The second-order valence-electron chi connectivity index (χ2n) is 6.66. The molecule has 1 aliphatic rings. The van der Waals surface area contributed by atoms with Crippen LogP contribution in [0.5, 0.6) is 5.75 Å². The Kier molecular flexibility index (Phi) is 4.63. The van der Waals surface area contributed by atoms with Gasteiger partial charge in [0.05, 0.1) is 7.11 Å². The number of carbonyl (C=O) groups is 1. The van der Waals surface area contributed by atoms with E-state index in [1.165, 1.54) is 0 Å². The van der Waals surface area contributed by atoms with Crippen LogP contribution in [-0.2, 0) is 10.4 Å². The molecule has 1 saturated heterocycles. The number of carbonyl (C=O) groups excluding carboxylic acids is 1. The van der Waals surface area contributed by atoms with Gasteiger partial charge in [0.2, 0.25) is 0 Å². The molecular formula is C17H24FNO3. The molecule has 1 fully saturated rings. The van der Waals surface area contributed by atoms with E-state index < -0.39 is 11.3 Å². The van der Waals surface area contributed by atoms with Crippen LogP contribution in [0.4, 0.5) is 9.18 Å². The number of piperidine rings is 1. The summed E-state index contributed by atoms with van der Waals surface area (Å²) in [5, 5.41) is 0. The summed E-state index contributed by atoms with van der Waals surface area (Å²) in [5.41, 5.74) is -1.35. The molecule has 0 bridgehead atoms. The second kappa shape index (κ2) is 6.15. The maximum Gasteiger partial charge on any atom is 0.410 e. The monoisotopic (exact) mass is 309 g/mol. The van der Waals surface area contributed by atoms with Crippen LogP contribution in [0.1, 0.15) is 39.2 Å². The molecule has 4 nitrogen and oxygen atoms in total. The Hall–Kier alpha value is -1.78. The van der Waals surface area contributed by atoms with Gasteiger partial charge in [-0.15, -0.1) is 0 Å². The van der Waals surface area contributed by atoms with Gasteiger partial charge in [-0.3, -0.25) is 0 Å². The molecule has 0 aromatic heterocycles. The minimum atomic E-state index is -1.42. The lowest BCUT2D eigenvalue weighted by Gasteiger charge is -2.37. The number of amides is 1. The third kappa shape index (κ3) is 3.90.